The number of nitrogens with zero attached hydrogens (tertiary/aromatic N) is 5. The molecule has 7 nitrogen and oxygen atoms in total. The number of allylic oxidation sites excluding steroid dienone is 3. The smallest absolute Gasteiger partial charge is 0.321 e. The van der Waals surface area contributed by atoms with Crippen molar-refractivity contribution in [2.24, 2.45) is 0 Å². The first-order valence-corrected chi connectivity index (χ1v) is 14.2. The molecular weight excluding hydrogens is 484 g/mol. The fourth-order valence-corrected chi connectivity index (χ4v) is 4.33. The van der Waals surface area contributed by atoms with Crippen LogP contribution in [0.4, 0.5) is 16.3 Å². The molecule has 1 aliphatic rings. The van der Waals surface area contributed by atoms with Gasteiger partial charge >= 0.3 is 6.03 Å². The largest absolute Gasteiger partial charge is 0.355 e. The van der Waals surface area contributed by atoms with Crippen molar-refractivity contribution in [3.8, 4) is 0 Å². The van der Waals surface area contributed by atoms with Gasteiger partial charge in [-0.15, -0.1) is 10.2 Å². The van der Waals surface area contributed by atoms with Crippen LogP contribution in [0.5, 0.6) is 0 Å². The van der Waals surface area contributed by atoms with E-state index >= 15 is 0 Å². The van der Waals surface area contributed by atoms with Crippen LogP contribution in [0.2, 0.25) is 0 Å². The van der Waals surface area contributed by atoms with E-state index < -0.39 is 0 Å². The number of pyridine rings is 1. The molecule has 1 aromatic carbocycles. The normalized spacial score (nSPS) is 13.1. The van der Waals surface area contributed by atoms with E-state index in [1.807, 2.05) is 103 Å². The molecule has 4 rings (SSSR count). The fraction of sp³-hybridized carbons (Fsp3) is 0.438. The summed E-state index contributed by atoms with van der Waals surface area (Å²) in [5, 5.41) is 14.1. The van der Waals surface area contributed by atoms with Gasteiger partial charge in [0.05, 0.1) is 5.69 Å². The molecule has 1 fully saturated rings. The van der Waals surface area contributed by atoms with Crippen molar-refractivity contribution >= 4 is 33.9 Å². The van der Waals surface area contributed by atoms with Gasteiger partial charge in [0, 0.05) is 55.0 Å². The molecule has 3 aromatic rings. The predicted molar refractivity (Wildman–Crippen MR) is 168 cm³/mol. The number of aryl methyl sites for hydroxylation is 1. The van der Waals surface area contributed by atoms with E-state index in [4.69, 9.17) is 0 Å². The molecule has 0 aliphatic carbocycles. The molecule has 0 unspecified atom stereocenters. The number of carbonyl (C=O) groups excluding carboxylic acids is 1. The van der Waals surface area contributed by atoms with Crippen molar-refractivity contribution in [3.05, 3.63) is 72.7 Å². The van der Waals surface area contributed by atoms with E-state index in [0.29, 0.717) is 13.1 Å². The molecule has 39 heavy (non-hydrogen) atoms. The summed E-state index contributed by atoms with van der Waals surface area (Å²) in [6.07, 6.45) is 9.05. The molecule has 1 aliphatic heterocycles. The van der Waals surface area contributed by atoms with E-state index in [9.17, 15) is 4.79 Å². The zero-order valence-electron chi connectivity index (χ0n) is 25.5. The number of anilines is 2. The first-order valence-electron chi connectivity index (χ1n) is 14.2. The highest BCUT2D eigenvalue weighted by atomic mass is 16.2. The molecule has 212 valence electrons. The van der Waals surface area contributed by atoms with Crippen molar-refractivity contribution in [2.75, 3.05) is 30.4 Å². The Morgan fingerprint density at radius 3 is 2.28 bits per heavy atom. The van der Waals surface area contributed by atoms with Crippen LogP contribution in [0.25, 0.3) is 16.3 Å². The molecule has 0 radical (unpaired) electrons. The van der Waals surface area contributed by atoms with E-state index in [1.54, 1.807) is 12.3 Å². The number of benzene rings is 1. The molecule has 0 bridgehead atoms. The highest BCUT2D eigenvalue weighted by Crippen LogP contribution is 2.30. The second-order valence-corrected chi connectivity index (χ2v) is 8.45. The van der Waals surface area contributed by atoms with Gasteiger partial charge in [-0.05, 0) is 50.0 Å². The average Bonchev–Trinajstić information content (AvgIpc) is 3.00. The summed E-state index contributed by atoms with van der Waals surface area (Å²) in [5.41, 5.74) is 3.76. The number of likely N-dealkylation sites (tertiary alicyclic amines) is 1. The van der Waals surface area contributed by atoms with Crippen molar-refractivity contribution in [1.82, 2.24) is 20.1 Å². The number of hydrogen-bond donors (Lipinski definition) is 1. The molecule has 0 saturated carbocycles. The van der Waals surface area contributed by atoms with Gasteiger partial charge in [-0.25, -0.2) is 4.79 Å². The molecule has 1 N–H and O–H groups in total. The van der Waals surface area contributed by atoms with E-state index in [0.717, 1.165) is 51.9 Å². The van der Waals surface area contributed by atoms with Crippen molar-refractivity contribution < 1.29 is 4.79 Å². The Balaban J connectivity index is 0.00000119. The lowest BCUT2D eigenvalue weighted by atomic mass is 10.0. The highest BCUT2D eigenvalue weighted by Gasteiger charge is 2.27. The third-order valence-electron chi connectivity index (χ3n) is 6.32. The number of fused-ring (bicyclic) bond motifs is 1. The number of piperidine rings is 1. The van der Waals surface area contributed by atoms with E-state index in [1.165, 1.54) is 0 Å². The van der Waals surface area contributed by atoms with Crippen LogP contribution in [0.1, 0.15) is 72.6 Å². The van der Waals surface area contributed by atoms with Gasteiger partial charge in [-0.2, -0.15) is 0 Å². The molecule has 0 spiro atoms. The second kappa shape index (κ2) is 17.7. The van der Waals surface area contributed by atoms with Gasteiger partial charge in [0.15, 0.2) is 5.82 Å². The topological polar surface area (TPSA) is 74.2 Å². The highest BCUT2D eigenvalue weighted by molar-refractivity contribution is 5.97. The number of nitrogens with one attached hydrogen (secondary N) is 1. The molecule has 3 heterocycles. The molecule has 1 saturated heterocycles. The lowest BCUT2D eigenvalue weighted by Gasteiger charge is -2.37. The van der Waals surface area contributed by atoms with Crippen molar-refractivity contribution in [2.45, 2.75) is 74.3 Å². The summed E-state index contributed by atoms with van der Waals surface area (Å²) < 4.78 is 0. The SMILES string of the molecule is C=C/C=C(\C)c1nnc(N(C)C2CCN(C(=O)Nc3ccccc3C)CC2)c2cnccc12.CC.CC.CC. The maximum atomic E-state index is 12.8. The van der Waals surface area contributed by atoms with Crippen LogP contribution in [0.15, 0.2) is 61.5 Å². The number of rotatable bonds is 5. The minimum Gasteiger partial charge on any atom is -0.355 e. The molecule has 7 heteroatoms. The van der Waals surface area contributed by atoms with Crippen LogP contribution in [-0.2, 0) is 0 Å². The third-order valence-corrected chi connectivity index (χ3v) is 6.32. The number of carbonyl (C=O) groups is 1. The first kappa shape index (κ1) is 33.3. The number of para-hydroxylation sites is 1. The Bertz CT molecular complexity index is 1200. The minimum atomic E-state index is -0.0475. The first-order chi connectivity index (χ1) is 19.0. The Morgan fingerprint density at radius 2 is 1.67 bits per heavy atom. The van der Waals surface area contributed by atoms with Crippen LogP contribution in [-0.4, -0.2) is 52.3 Å². The summed E-state index contributed by atoms with van der Waals surface area (Å²) in [7, 11) is 2.05. The summed E-state index contributed by atoms with van der Waals surface area (Å²) in [5.74, 6) is 0.816. The van der Waals surface area contributed by atoms with Crippen LogP contribution in [0.3, 0.4) is 0 Å². The van der Waals surface area contributed by atoms with Gasteiger partial charge in [-0.1, -0.05) is 78.5 Å². The monoisotopic (exact) mass is 532 g/mol. The zero-order valence-corrected chi connectivity index (χ0v) is 25.5. The molecule has 0 atom stereocenters. The second-order valence-electron chi connectivity index (χ2n) is 8.45. The van der Waals surface area contributed by atoms with Crippen molar-refractivity contribution in [3.63, 3.8) is 0 Å². The van der Waals surface area contributed by atoms with Crippen LogP contribution >= 0.6 is 0 Å². The fourth-order valence-electron chi connectivity index (χ4n) is 4.33. The number of amides is 2. The maximum Gasteiger partial charge on any atom is 0.321 e. The predicted octanol–water partition coefficient (Wildman–Crippen LogP) is 8.13. The van der Waals surface area contributed by atoms with Gasteiger partial charge in [-0.3, -0.25) is 4.98 Å². The quantitative estimate of drug-likeness (QED) is 0.336. The maximum absolute atomic E-state index is 12.8. The Labute approximate surface area is 236 Å². The third kappa shape index (κ3) is 8.63. The number of aromatic nitrogens is 3. The number of hydrogen-bond acceptors (Lipinski definition) is 5. The number of urea groups is 1. The van der Waals surface area contributed by atoms with Crippen LogP contribution in [0, 0.1) is 6.92 Å². The van der Waals surface area contributed by atoms with Gasteiger partial charge in [0.2, 0.25) is 0 Å². The molecular formula is C32H48N6O. The van der Waals surface area contributed by atoms with Gasteiger partial charge in [0.1, 0.15) is 0 Å². The average molecular weight is 533 g/mol. The summed E-state index contributed by atoms with van der Waals surface area (Å²) in [6, 6.07) is 10.0. The van der Waals surface area contributed by atoms with Gasteiger partial charge in [0.25, 0.3) is 0 Å². The molecule has 2 aromatic heterocycles. The summed E-state index contributed by atoms with van der Waals surface area (Å²) >= 11 is 0. The minimum absolute atomic E-state index is 0.0475. The van der Waals surface area contributed by atoms with E-state index in [2.05, 4.69) is 39.0 Å². The lowest BCUT2D eigenvalue weighted by Crippen LogP contribution is -2.47. The standard InChI is InChI=1S/C26H30N6O.3C2H6/c1-5-8-19(3)24-21-11-14-27-17-22(21)25(30-29-24)31(4)20-12-15-32(16-13-20)26(33)28-23-10-7-6-9-18(23)2;3*1-2/h5-11,14,17,20H,1,12-13,15-16H2,2-4H3,(H,28,33);3*1-2H3/b19-8+;;;. The van der Waals surface area contributed by atoms with Crippen molar-refractivity contribution in [1.29, 1.82) is 0 Å². The van der Waals surface area contributed by atoms with Crippen LogP contribution < -0.4 is 10.2 Å². The Kier molecular flexibility index (Phi) is 15.1. The lowest BCUT2D eigenvalue weighted by molar-refractivity contribution is 0.194. The molecule has 2 amide bonds. The zero-order chi connectivity index (χ0) is 29.4. The Morgan fingerprint density at radius 1 is 1.03 bits per heavy atom. The van der Waals surface area contributed by atoms with Gasteiger partial charge < -0.3 is 15.1 Å². The Hall–Kier alpha value is -3.74. The summed E-state index contributed by atoms with van der Waals surface area (Å²) in [4.78, 5) is 21.2. The summed E-state index contributed by atoms with van der Waals surface area (Å²) in [6.45, 7) is 21.2. The van der Waals surface area contributed by atoms with E-state index in [-0.39, 0.29) is 12.1 Å².